The molecule has 3 rings (SSSR count). The summed E-state index contributed by atoms with van der Waals surface area (Å²) in [6.07, 6.45) is 6.23. The molecule has 4 N–H and O–H groups in total. The van der Waals surface area contributed by atoms with Crippen molar-refractivity contribution in [1.29, 1.82) is 0 Å². The number of nitrogens with one attached hydrogen (secondary N) is 1. The minimum absolute atomic E-state index is 0.0632. The minimum atomic E-state index is -0.805. The fourth-order valence-electron chi connectivity index (χ4n) is 3.27. The Balaban J connectivity index is 0.00000137. The molecule has 0 saturated carbocycles. The first-order chi connectivity index (χ1) is 16.8. The normalized spacial score (nSPS) is 12.7. The van der Waals surface area contributed by atoms with E-state index in [9.17, 15) is 14.6 Å². The summed E-state index contributed by atoms with van der Waals surface area (Å²) in [6, 6.07) is 9.77. The van der Waals surface area contributed by atoms with Crippen LogP contribution in [0.2, 0.25) is 0 Å². The van der Waals surface area contributed by atoms with Crippen molar-refractivity contribution in [2.75, 3.05) is 5.32 Å². The number of hydrogen-bond acceptors (Lipinski definition) is 7. The first kappa shape index (κ1) is 27.6. The van der Waals surface area contributed by atoms with Crippen LogP contribution in [0.25, 0.3) is 17.3 Å². The molecule has 0 amide bonds. The van der Waals surface area contributed by atoms with Crippen molar-refractivity contribution < 1.29 is 24.5 Å². The van der Waals surface area contributed by atoms with Crippen LogP contribution in [0.3, 0.4) is 0 Å². The van der Waals surface area contributed by atoms with Crippen molar-refractivity contribution in [3.8, 4) is 11.3 Å². The number of rotatable bonds is 9. The van der Waals surface area contributed by atoms with E-state index in [2.05, 4.69) is 10.3 Å². The summed E-state index contributed by atoms with van der Waals surface area (Å²) < 4.78 is 13.6. The molecule has 1 aromatic carbocycles. The summed E-state index contributed by atoms with van der Waals surface area (Å²) in [4.78, 5) is 21.8. The third kappa shape index (κ3) is 8.55. The molecule has 2 heterocycles. The second kappa shape index (κ2) is 13.9. The maximum atomic E-state index is 13.6. The van der Waals surface area contributed by atoms with E-state index < -0.39 is 12.2 Å². The minimum Gasteiger partial charge on any atom is -0.483 e. The zero-order valence-corrected chi connectivity index (χ0v) is 20.0. The fourth-order valence-corrected chi connectivity index (χ4v) is 3.27. The highest BCUT2D eigenvalue weighted by Gasteiger charge is 2.18. The first-order valence-electron chi connectivity index (χ1n) is 11.3. The molecule has 9 heteroatoms. The van der Waals surface area contributed by atoms with Gasteiger partial charge in [-0.3, -0.25) is 9.78 Å². The molecule has 0 fully saturated rings. The Morgan fingerprint density at radius 3 is 2.26 bits per heavy atom. The van der Waals surface area contributed by atoms with Crippen molar-refractivity contribution >= 4 is 24.2 Å². The predicted octanol–water partition coefficient (Wildman–Crippen LogP) is 4.78. The SMILES string of the molecule is CCC(O)CC(O)/C=C/c1c(-c2ccc(F)cc2)nc(Nc2ccncc2)nc1C(C)C.O=CO. The van der Waals surface area contributed by atoms with E-state index in [-0.39, 0.29) is 24.6 Å². The van der Waals surface area contributed by atoms with Crippen molar-refractivity contribution in [1.82, 2.24) is 15.0 Å². The molecule has 0 saturated heterocycles. The molecular formula is C26H31FN4O4. The average Bonchev–Trinajstić information content (AvgIpc) is 2.84. The van der Waals surface area contributed by atoms with Gasteiger partial charge in [0.15, 0.2) is 0 Å². The Morgan fingerprint density at radius 2 is 1.69 bits per heavy atom. The number of carboxylic acid groups (broad SMARTS) is 1. The Labute approximate surface area is 204 Å². The molecule has 8 nitrogen and oxygen atoms in total. The average molecular weight is 483 g/mol. The van der Waals surface area contributed by atoms with Gasteiger partial charge < -0.3 is 20.6 Å². The number of carbonyl (C=O) groups is 1. The highest BCUT2D eigenvalue weighted by Crippen LogP contribution is 2.31. The lowest BCUT2D eigenvalue weighted by atomic mass is 9.97. The Morgan fingerprint density at radius 1 is 1.06 bits per heavy atom. The topological polar surface area (TPSA) is 128 Å². The Kier molecular flexibility index (Phi) is 10.9. The summed E-state index contributed by atoms with van der Waals surface area (Å²) in [5.74, 6) is 0.148. The second-order valence-electron chi connectivity index (χ2n) is 8.05. The van der Waals surface area contributed by atoms with Crippen LogP contribution < -0.4 is 5.32 Å². The molecule has 186 valence electrons. The molecule has 2 aromatic heterocycles. The van der Waals surface area contributed by atoms with E-state index in [4.69, 9.17) is 19.9 Å². The van der Waals surface area contributed by atoms with Crippen LogP contribution in [0.1, 0.15) is 50.8 Å². The quantitative estimate of drug-likeness (QED) is 0.321. The van der Waals surface area contributed by atoms with E-state index >= 15 is 0 Å². The number of anilines is 2. The number of halogens is 1. The standard InChI is InChI=1S/C25H29FN4O2.CH2O2/c1-4-20(31)15-21(32)9-10-22-23(16(2)3)29-25(28-19-11-13-27-14-12-19)30-24(22)17-5-7-18(26)8-6-17;2-1-3/h5-14,16,20-21,31-32H,4,15H2,1-3H3,(H,27,28,29,30);1H,(H,2,3)/b10-9+;. The van der Waals surface area contributed by atoms with Crippen molar-refractivity contribution in [3.05, 3.63) is 71.9 Å². The van der Waals surface area contributed by atoms with Crippen LogP contribution >= 0.6 is 0 Å². The summed E-state index contributed by atoms with van der Waals surface area (Å²) in [7, 11) is 0. The summed E-state index contributed by atoms with van der Waals surface area (Å²) in [5, 5.41) is 30.3. The van der Waals surface area contributed by atoms with Gasteiger partial charge in [-0.15, -0.1) is 0 Å². The molecule has 3 aromatic rings. The summed E-state index contributed by atoms with van der Waals surface area (Å²) >= 11 is 0. The van der Waals surface area contributed by atoms with Crippen LogP contribution in [0.4, 0.5) is 16.0 Å². The zero-order valence-electron chi connectivity index (χ0n) is 20.0. The molecule has 0 bridgehead atoms. The maximum Gasteiger partial charge on any atom is 0.290 e. The van der Waals surface area contributed by atoms with E-state index in [1.165, 1.54) is 12.1 Å². The number of hydrogen-bond donors (Lipinski definition) is 4. The Hall–Kier alpha value is -3.69. The van der Waals surface area contributed by atoms with E-state index in [1.807, 2.05) is 32.9 Å². The van der Waals surface area contributed by atoms with Gasteiger partial charge in [0.2, 0.25) is 5.95 Å². The molecule has 0 aliphatic heterocycles. The van der Waals surface area contributed by atoms with Crippen molar-refractivity contribution in [2.24, 2.45) is 0 Å². The lowest BCUT2D eigenvalue weighted by molar-refractivity contribution is -0.122. The third-order valence-corrected chi connectivity index (χ3v) is 5.05. The molecule has 2 unspecified atom stereocenters. The van der Waals surface area contributed by atoms with Gasteiger partial charge in [-0.05, 0) is 48.7 Å². The molecule has 0 aliphatic carbocycles. The highest BCUT2D eigenvalue weighted by atomic mass is 19.1. The number of pyridine rings is 1. The zero-order chi connectivity index (χ0) is 25.8. The van der Waals surface area contributed by atoms with E-state index in [0.717, 1.165) is 22.5 Å². The van der Waals surface area contributed by atoms with Gasteiger partial charge in [0.1, 0.15) is 5.82 Å². The number of benzene rings is 1. The predicted molar refractivity (Wildman–Crippen MR) is 134 cm³/mol. The number of aromatic nitrogens is 3. The molecule has 35 heavy (non-hydrogen) atoms. The maximum absolute atomic E-state index is 13.6. The number of aliphatic hydroxyl groups is 2. The van der Waals surface area contributed by atoms with Gasteiger partial charge in [0.25, 0.3) is 6.47 Å². The smallest absolute Gasteiger partial charge is 0.290 e. The van der Waals surface area contributed by atoms with Gasteiger partial charge in [-0.2, -0.15) is 0 Å². The van der Waals surface area contributed by atoms with Crippen LogP contribution in [0.5, 0.6) is 0 Å². The van der Waals surface area contributed by atoms with E-state index in [1.54, 1.807) is 36.7 Å². The van der Waals surface area contributed by atoms with Crippen molar-refractivity contribution in [3.63, 3.8) is 0 Å². The second-order valence-corrected chi connectivity index (χ2v) is 8.05. The highest BCUT2D eigenvalue weighted by molar-refractivity contribution is 5.75. The van der Waals surface area contributed by atoms with Gasteiger partial charge in [-0.25, -0.2) is 14.4 Å². The lowest BCUT2D eigenvalue weighted by Gasteiger charge is -2.17. The lowest BCUT2D eigenvalue weighted by Crippen LogP contribution is -2.14. The van der Waals surface area contributed by atoms with Crippen LogP contribution in [-0.2, 0) is 4.79 Å². The van der Waals surface area contributed by atoms with Crippen LogP contribution in [0, 0.1) is 5.82 Å². The molecule has 0 radical (unpaired) electrons. The molecular weight excluding hydrogens is 451 g/mol. The fraction of sp³-hybridized carbons (Fsp3) is 0.308. The first-order valence-corrected chi connectivity index (χ1v) is 11.3. The summed E-state index contributed by atoms with van der Waals surface area (Å²) in [5.41, 5.74) is 3.69. The summed E-state index contributed by atoms with van der Waals surface area (Å²) in [6.45, 7) is 5.68. The molecule has 0 spiro atoms. The van der Waals surface area contributed by atoms with Crippen LogP contribution in [0.15, 0.2) is 54.9 Å². The number of aliphatic hydroxyl groups excluding tert-OH is 2. The van der Waals surface area contributed by atoms with Gasteiger partial charge in [-0.1, -0.05) is 32.9 Å². The largest absolute Gasteiger partial charge is 0.483 e. The molecule has 2 atom stereocenters. The number of nitrogens with zero attached hydrogens (tertiary/aromatic N) is 3. The van der Waals surface area contributed by atoms with Gasteiger partial charge >= 0.3 is 0 Å². The van der Waals surface area contributed by atoms with Crippen molar-refractivity contribution in [2.45, 2.75) is 51.7 Å². The van der Waals surface area contributed by atoms with Gasteiger partial charge in [0, 0.05) is 35.6 Å². The van der Waals surface area contributed by atoms with Gasteiger partial charge in [0.05, 0.1) is 23.6 Å². The monoisotopic (exact) mass is 482 g/mol. The van der Waals surface area contributed by atoms with Crippen LogP contribution in [-0.4, -0.2) is 49.0 Å². The van der Waals surface area contributed by atoms with E-state index in [0.29, 0.717) is 18.1 Å². The molecule has 0 aliphatic rings. The third-order valence-electron chi connectivity index (χ3n) is 5.05. The Bertz CT molecular complexity index is 1090.